The fourth-order valence-electron chi connectivity index (χ4n) is 1.75. The zero-order valence-electron chi connectivity index (χ0n) is 10.8. The quantitative estimate of drug-likeness (QED) is 0.915. The maximum absolute atomic E-state index is 13.6. The van der Waals surface area contributed by atoms with Gasteiger partial charge >= 0.3 is 0 Å². The standard InChI is InChI=1S/C14H12ClF2NO2S/c15-11-3-6-14(13(17)9-11)21(19,20)18-8-7-10-1-4-12(16)5-2-10/h1-6,9,18H,7-8H2. The van der Waals surface area contributed by atoms with Crippen LogP contribution in [-0.2, 0) is 16.4 Å². The van der Waals surface area contributed by atoms with E-state index in [-0.39, 0.29) is 17.4 Å². The Morgan fingerprint density at radius 2 is 1.71 bits per heavy atom. The summed E-state index contributed by atoms with van der Waals surface area (Å²) in [7, 11) is -3.94. The molecule has 0 unspecified atom stereocenters. The normalized spacial score (nSPS) is 11.6. The predicted molar refractivity (Wildman–Crippen MR) is 76.7 cm³/mol. The summed E-state index contributed by atoms with van der Waals surface area (Å²) >= 11 is 5.58. The first-order chi connectivity index (χ1) is 9.88. The lowest BCUT2D eigenvalue weighted by Gasteiger charge is -2.08. The van der Waals surface area contributed by atoms with E-state index in [2.05, 4.69) is 4.72 Å². The molecule has 0 aliphatic carbocycles. The molecule has 112 valence electrons. The Balaban J connectivity index is 2.03. The lowest BCUT2D eigenvalue weighted by molar-refractivity contribution is 0.557. The van der Waals surface area contributed by atoms with Crippen molar-refractivity contribution in [1.82, 2.24) is 4.72 Å². The van der Waals surface area contributed by atoms with Crippen molar-refractivity contribution in [2.24, 2.45) is 0 Å². The van der Waals surface area contributed by atoms with Crippen LogP contribution in [0.4, 0.5) is 8.78 Å². The van der Waals surface area contributed by atoms with E-state index >= 15 is 0 Å². The minimum Gasteiger partial charge on any atom is -0.211 e. The van der Waals surface area contributed by atoms with Gasteiger partial charge < -0.3 is 0 Å². The highest BCUT2D eigenvalue weighted by Gasteiger charge is 2.18. The molecule has 7 heteroatoms. The molecule has 0 heterocycles. The molecule has 0 saturated heterocycles. The summed E-state index contributed by atoms with van der Waals surface area (Å²) in [5.41, 5.74) is 0.774. The van der Waals surface area contributed by atoms with E-state index in [1.54, 1.807) is 12.1 Å². The Morgan fingerprint density at radius 3 is 2.33 bits per heavy atom. The number of halogens is 3. The van der Waals surface area contributed by atoms with Gasteiger partial charge in [0.1, 0.15) is 16.5 Å². The first-order valence-corrected chi connectivity index (χ1v) is 7.94. The van der Waals surface area contributed by atoms with Gasteiger partial charge in [0, 0.05) is 11.6 Å². The third-order valence-electron chi connectivity index (χ3n) is 2.80. The fourth-order valence-corrected chi connectivity index (χ4v) is 3.00. The Bertz CT molecular complexity index is 733. The van der Waals surface area contributed by atoms with E-state index in [4.69, 9.17) is 11.6 Å². The molecular formula is C14H12ClF2NO2S. The first kappa shape index (κ1) is 15.9. The molecular weight excluding hydrogens is 320 g/mol. The highest BCUT2D eigenvalue weighted by Crippen LogP contribution is 2.18. The van der Waals surface area contributed by atoms with Crippen LogP contribution >= 0.6 is 11.6 Å². The molecule has 0 radical (unpaired) electrons. The third kappa shape index (κ3) is 4.23. The smallest absolute Gasteiger partial charge is 0.211 e. The fraction of sp³-hybridized carbons (Fsp3) is 0.143. The molecule has 0 atom stereocenters. The highest BCUT2D eigenvalue weighted by molar-refractivity contribution is 7.89. The summed E-state index contributed by atoms with van der Waals surface area (Å²) in [5, 5.41) is 0.123. The van der Waals surface area contributed by atoms with Gasteiger partial charge in [-0.05, 0) is 42.3 Å². The summed E-state index contributed by atoms with van der Waals surface area (Å²) in [6.45, 7) is 0.0794. The number of rotatable bonds is 5. The monoisotopic (exact) mass is 331 g/mol. The molecule has 1 N–H and O–H groups in total. The molecule has 0 spiro atoms. The molecule has 21 heavy (non-hydrogen) atoms. The molecule has 3 nitrogen and oxygen atoms in total. The maximum Gasteiger partial charge on any atom is 0.243 e. The van der Waals surface area contributed by atoms with Crippen LogP contribution in [0.15, 0.2) is 47.4 Å². The van der Waals surface area contributed by atoms with Crippen molar-refractivity contribution in [3.63, 3.8) is 0 Å². The van der Waals surface area contributed by atoms with Crippen molar-refractivity contribution < 1.29 is 17.2 Å². The molecule has 0 bridgehead atoms. The average molecular weight is 332 g/mol. The van der Waals surface area contributed by atoms with E-state index in [0.717, 1.165) is 17.7 Å². The summed E-state index contributed by atoms with van der Waals surface area (Å²) in [4.78, 5) is -0.453. The molecule has 0 amide bonds. The molecule has 2 aromatic rings. The minimum atomic E-state index is -3.94. The van der Waals surface area contributed by atoms with Gasteiger partial charge in [-0.15, -0.1) is 0 Å². The van der Waals surface area contributed by atoms with Crippen LogP contribution in [0.5, 0.6) is 0 Å². The van der Waals surface area contributed by atoms with Crippen molar-refractivity contribution in [3.8, 4) is 0 Å². The molecule has 0 saturated carbocycles. The highest BCUT2D eigenvalue weighted by atomic mass is 35.5. The molecule has 0 aliphatic rings. The molecule has 2 rings (SSSR count). The number of hydrogen-bond acceptors (Lipinski definition) is 2. The first-order valence-electron chi connectivity index (χ1n) is 6.08. The molecule has 2 aromatic carbocycles. The Hall–Kier alpha value is -1.50. The van der Waals surface area contributed by atoms with Crippen LogP contribution in [0.3, 0.4) is 0 Å². The van der Waals surface area contributed by atoms with Crippen LogP contribution in [0, 0.1) is 11.6 Å². The second-order valence-electron chi connectivity index (χ2n) is 4.35. The van der Waals surface area contributed by atoms with E-state index in [0.29, 0.717) is 6.42 Å². The topological polar surface area (TPSA) is 46.2 Å². The van der Waals surface area contributed by atoms with Gasteiger partial charge in [-0.25, -0.2) is 21.9 Å². The number of nitrogens with one attached hydrogen (secondary N) is 1. The SMILES string of the molecule is O=S(=O)(NCCc1ccc(F)cc1)c1ccc(Cl)cc1F. The second-order valence-corrected chi connectivity index (χ2v) is 6.52. The van der Waals surface area contributed by atoms with Gasteiger partial charge in [-0.1, -0.05) is 23.7 Å². The van der Waals surface area contributed by atoms with Crippen LogP contribution in [0.1, 0.15) is 5.56 Å². The lowest BCUT2D eigenvalue weighted by Crippen LogP contribution is -2.26. The minimum absolute atomic E-state index is 0.0794. The Morgan fingerprint density at radius 1 is 1.05 bits per heavy atom. The summed E-state index contributed by atoms with van der Waals surface area (Å²) in [6, 6.07) is 9.07. The number of benzene rings is 2. The van der Waals surface area contributed by atoms with Gasteiger partial charge in [0.2, 0.25) is 10.0 Å². The second kappa shape index (κ2) is 6.51. The van der Waals surface area contributed by atoms with Crippen LogP contribution in [0.25, 0.3) is 0 Å². The van der Waals surface area contributed by atoms with Gasteiger partial charge in [-0.3, -0.25) is 0 Å². The van der Waals surface area contributed by atoms with Crippen LogP contribution in [-0.4, -0.2) is 15.0 Å². The number of sulfonamides is 1. The Kier molecular flexibility index (Phi) is 4.92. The zero-order chi connectivity index (χ0) is 15.5. The van der Waals surface area contributed by atoms with Gasteiger partial charge in [0.15, 0.2) is 0 Å². The van der Waals surface area contributed by atoms with Crippen LogP contribution in [0.2, 0.25) is 5.02 Å². The van der Waals surface area contributed by atoms with Crippen molar-refractivity contribution in [3.05, 3.63) is 64.7 Å². The molecule has 0 fully saturated rings. The largest absolute Gasteiger partial charge is 0.243 e. The Labute approximate surface area is 126 Å². The van der Waals surface area contributed by atoms with Crippen molar-refractivity contribution >= 4 is 21.6 Å². The van der Waals surface area contributed by atoms with E-state index in [1.807, 2.05) is 0 Å². The molecule has 0 aromatic heterocycles. The average Bonchev–Trinajstić information content (AvgIpc) is 2.40. The van der Waals surface area contributed by atoms with Crippen molar-refractivity contribution in [1.29, 1.82) is 0 Å². The lowest BCUT2D eigenvalue weighted by atomic mass is 10.1. The molecule has 0 aliphatic heterocycles. The van der Waals surface area contributed by atoms with E-state index < -0.39 is 20.7 Å². The van der Waals surface area contributed by atoms with Gasteiger partial charge in [-0.2, -0.15) is 0 Å². The predicted octanol–water partition coefficient (Wildman–Crippen LogP) is 3.14. The van der Waals surface area contributed by atoms with Gasteiger partial charge in [0.25, 0.3) is 0 Å². The maximum atomic E-state index is 13.6. The zero-order valence-corrected chi connectivity index (χ0v) is 12.4. The summed E-state index contributed by atoms with van der Waals surface area (Å²) in [5.74, 6) is -1.26. The van der Waals surface area contributed by atoms with Gasteiger partial charge in [0.05, 0.1) is 0 Å². The van der Waals surface area contributed by atoms with Crippen molar-refractivity contribution in [2.75, 3.05) is 6.54 Å². The van der Waals surface area contributed by atoms with Crippen molar-refractivity contribution in [2.45, 2.75) is 11.3 Å². The number of hydrogen-bond donors (Lipinski definition) is 1. The summed E-state index contributed by atoms with van der Waals surface area (Å²) in [6.07, 6.45) is 0.370. The van der Waals surface area contributed by atoms with Crippen LogP contribution < -0.4 is 4.72 Å². The summed E-state index contributed by atoms with van der Waals surface area (Å²) < 4.78 is 52.5. The third-order valence-corrected chi connectivity index (χ3v) is 4.53. The van der Waals surface area contributed by atoms with E-state index in [1.165, 1.54) is 18.2 Å². The van der Waals surface area contributed by atoms with E-state index in [9.17, 15) is 17.2 Å².